The van der Waals surface area contributed by atoms with Crippen LogP contribution >= 0.6 is 15.9 Å². The highest BCUT2D eigenvalue weighted by molar-refractivity contribution is 9.10. The summed E-state index contributed by atoms with van der Waals surface area (Å²) in [7, 11) is 0. The lowest BCUT2D eigenvalue weighted by molar-refractivity contribution is -0.693. The van der Waals surface area contributed by atoms with Crippen molar-refractivity contribution in [1.82, 2.24) is 9.55 Å². The maximum Gasteiger partial charge on any atom is 0.266 e. The summed E-state index contributed by atoms with van der Waals surface area (Å²) in [4.78, 5) is 17.9. The number of nitrogens with zero attached hydrogens (tertiary/aromatic N) is 2. The Kier molecular flexibility index (Phi) is 5.11. The maximum atomic E-state index is 13.1. The molecule has 1 aromatic heterocycles. The number of halogens is 1. The van der Waals surface area contributed by atoms with Gasteiger partial charge in [-0.05, 0) is 49.7 Å². The van der Waals surface area contributed by atoms with Gasteiger partial charge in [0.25, 0.3) is 5.56 Å². The topological polar surface area (TPSA) is 51.5 Å². The molecule has 3 rings (SSSR count). The number of quaternary nitrogens is 1. The van der Waals surface area contributed by atoms with Gasteiger partial charge in [0.05, 0.1) is 23.1 Å². The van der Waals surface area contributed by atoms with Crippen molar-refractivity contribution in [2.45, 2.75) is 26.3 Å². The van der Waals surface area contributed by atoms with E-state index in [0.29, 0.717) is 5.39 Å². The van der Waals surface area contributed by atoms with Gasteiger partial charge in [-0.1, -0.05) is 35.0 Å². The number of benzene rings is 2. The SMILES string of the molecule is CCC[NH2+][C@H](C)c1nc2ccccc2c(=O)n1-c1ccc(Br)cc1. The monoisotopic (exact) mass is 386 g/mol. The minimum atomic E-state index is -0.0188. The lowest BCUT2D eigenvalue weighted by atomic mass is 10.2. The van der Waals surface area contributed by atoms with Crippen LogP contribution in [0.15, 0.2) is 57.8 Å². The van der Waals surface area contributed by atoms with E-state index in [2.05, 4.69) is 35.1 Å². The zero-order valence-electron chi connectivity index (χ0n) is 13.9. The lowest BCUT2D eigenvalue weighted by Gasteiger charge is -2.17. The van der Waals surface area contributed by atoms with E-state index < -0.39 is 0 Å². The van der Waals surface area contributed by atoms with Crippen LogP contribution in [0.5, 0.6) is 0 Å². The third-order valence-corrected chi connectivity index (χ3v) is 4.63. The van der Waals surface area contributed by atoms with Gasteiger partial charge < -0.3 is 5.32 Å². The Labute approximate surface area is 149 Å². The van der Waals surface area contributed by atoms with E-state index in [1.807, 2.05) is 48.5 Å². The van der Waals surface area contributed by atoms with E-state index in [4.69, 9.17) is 4.98 Å². The van der Waals surface area contributed by atoms with Crippen molar-refractivity contribution in [3.05, 3.63) is 69.2 Å². The predicted molar refractivity (Wildman–Crippen MR) is 101 cm³/mol. The number of hydrogen-bond acceptors (Lipinski definition) is 2. The molecule has 3 aromatic rings. The summed E-state index contributed by atoms with van der Waals surface area (Å²) < 4.78 is 2.73. The van der Waals surface area contributed by atoms with Crippen molar-refractivity contribution in [3.63, 3.8) is 0 Å². The van der Waals surface area contributed by atoms with Gasteiger partial charge in [-0.25, -0.2) is 4.98 Å². The summed E-state index contributed by atoms with van der Waals surface area (Å²) in [5, 5.41) is 2.87. The molecule has 0 aliphatic rings. The number of hydrogen-bond donors (Lipinski definition) is 1. The van der Waals surface area contributed by atoms with Crippen molar-refractivity contribution in [2.75, 3.05) is 6.54 Å². The molecule has 5 heteroatoms. The van der Waals surface area contributed by atoms with Crippen molar-refractivity contribution in [1.29, 1.82) is 0 Å². The van der Waals surface area contributed by atoms with Crippen LogP contribution < -0.4 is 10.9 Å². The van der Waals surface area contributed by atoms with Gasteiger partial charge in [-0.15, -0.1) is 0 Å². The Morgan fingerprint density at radius 1 is 1.17 bits per heavy atom. The second kappa shape index (κ2) is 7.28. The van der Waals surface area contributed by atoms with Crippen LogP contribution in [-0.2, 0) is 0 Å². The van der Waals surface area contributed by atoms with Crippen LogP contribution in [0.3, 0.4) is 0 Å². The Morgan fingerprint density at radius 2 is 1.88 bits per heavy atom. The molecule has 4 nitrogen and oxygen atoms in total. The second-order valence-electron chi connectivity index (χ2n) is 5.92. The number of nitrogens with two attached hydrogens (primary N) is 1. The van der Waals surface area contributed by atoms with Crippen LogP contribution in [0.1, 0.15) is 32.1 Å². The molecule has 0 aliphatic heterocycles. The fourth-order valence-electron chi connectivity index (χ4n) is 2.82. The van der Waals surface area contributed by atoms with E-state index in [9.17, 15) is 4.79 Å². The fraction of sp³-hybridized carbons (Fsp3) is 0.263. The van der Waals surface area contributed by atoms with E-state index in [-0.39, 0.29) is 11.6 Å². The third kappa shape index (κ3) is 3.28. The first kappa shape index (κ1) is 16.9. The molecular weight excluding hydrogens is 366 g/mol. The average Bonchev–Trinajstić information content (AvgIpc) is 2.60. The highest BCUT2D eigenvalue weighted by atomic mass is 79.9. The van der Waals surface area contributed by atoms with Crippen molar-refractivity contribution in [3.8, 4) is 5.69 Å². The molecule has 24 heavy (non-hydrogen) atoms. The van der Waals surface area contributed by atoms with E-state index in [1.54, 1.807) is 4.57 Å². The number of fused-ring (bicyclic) bond motifs is 1. The highest BCUT2D eigenvalue weighted by Gasteiger charge is 2.19. The van der Waals surface area contributed by atoms with Gasteiger partial charge in [0, 0.05) is 4.47 Å². The zero-order valence-corrected chi connectivity index (χ0v) is 15.5. The summed E-state index contributed by atoms with van der Waals surface area (Å²) in [6, 6.07) is 15.4. The first-order valence-electron chi connectivity index (χ1n) is 8.22. The molecule has 1 atom stereocenters. The molecule has 0 saturated heterocycles. The average molecular weight is 387 g/mol. The molecule has 0 unspecified atom stereocenters. The number of rotatable bonds is 5. The van der Waals surface area contributed by atoms with Crippen LogP contribution in [-0.4, -0.2) is 16.1 Å². The van der Waals surface area contributed by atoms with Gasteiger partial charge in [-0.2, -0.15) is 0 Å². The van der Waals surface area contributed by atoms with E-state index in [1.165, 1.54) is 0 Å². The molecule has 2 N–H and O–H groups in total. The largest absolute Gasteiger partial charge is 0.338 e. The molecular formula is C19H21BrN3O+. The molecule has 0 radical (unpaired) electrons. The lowest BCUT2D eigenvalue weighted by Crippen LogP contribution is -2.85. The second-order valence-corrected chi connectivity index (χ2v) is 6.83. The number of aromatic nitrogens is 2. The Bertz CT molecular complexity index is 903. The van der Waals surface area contributed by atoms with Crippen molar-refractivity contribution in [2.24, 2.45) is 0 Å². The fourth-order valence-corrected chi connectivity index (χ4v) is 3.08. The van der Waals surface area contributed by atoms with Gasteiger partial charge in [0.1, 0.15) is 6.04 Å². The molecule has 2 aromatic carbocycles. The summed E-state index contributed by atoms with van der Waals surface area (Å²) in [5.41, 5.74) is 1.57. The first-order chi connectivity index (χ1) is 11.6. The normalized spacial score (nSPS) is 12.5. The third-order valence-electron chi connectivity index (χ3n) is 4.10. The van der Waals surface area contributed by atoms with Crippen LogP contribution in [0, 0.1) is 0 Å². The number of para-hydroxylation sites is 1. The van der Waals surface area contributed by atoms with Crippen molar-refractivity contribution >= 4 is 26.8 Å². The maximum absolute atomic E-state index is 13.1. The molecule has 0 fully saturated rings. The molecule has 1 heterocycles. The van der Waals surface area contributed by atoms with Crippen LogP contribution in [0.25, 0.3) is 16.6 Å². The molecule has 0 aliphatic carbocycles. The predicted octanol–water partition coefficient (Wildman–Crippen LogP) is 3.18. The quantitative estimate of drug-likeness (QED) is 0.731. The van der Waals surface area contributed by atoms with E-state index >= 15 is 0 Å². The van der Waals surface area contributed by atoms with Crippen LogP contribution in [0.4, 0.5) is 0 Å². The standard InChI is InChI=1S/C19H20BrN3O/c1-3-12-21-13(2)18-22-17-7-5-4-6-16(17)19(24)23(18)15-10-8-14(20)9-11-15/h4-11,13,21H,3,12H2,1-2H3/p+1/t13-/m1/s1. The van der Waals surface area contributed by atoms with Gasteiger partial charge >= 0.3 is 0 Å². The Hall–Kier alpha value is -1.98. The zero-order chi connectivity index (χ0) is 17.1. The van der Waals surface area contributed by atoms with Gasteiger partial charge in [0.15, 0.2) is 5.82 Å². The Morgan fingerprint density at radius 3 is 2.58 bits per heavy atom. The molecule has 0 amide bonds. The first-order valence-corrected chi connectivity index (χ1v) is 9.02. The minimum absolute atomic E-state index is 0.0188. The molecule has 124 valence electrons. The summed E-state index contributed by atoms with van der Waals surface area (Å²) in [5.74, 6) is 0.787. The van der Waals surface area contributed by atoms with E-state index in [0.717, 1.165) is 34.5 Å². The van der Waals surface area contributed by atoms with Gasteiger partial charge in [-0.3, -0.25) is 9.36 Å². The summed E-state index contributed by atoms with van der Waals surface area (Å²) >= 11 is 3.45. The van der Waals surface area contributed by atoms with Gasteiger partial charge in [0.2, 0.25) is 0 Å². The molecule has 0 bridgehead atoms. The summed E-state index contributed by atoms with van der Waals surface area (Å²) in [6.45, 7) is 5.25. The summed E-state index contributed by atoms with van der Waals surface area (Å²) in [6.07, 6.45) is 1.08. The Balaban J connectivity index is 2.25. The molecule has 0 saturated carbocycles. The van der Waals surface area contributed by atoms with Crippen LogP contribution in [0.2, 0.25) is 0 Å². The molecule has 0 spiro atoms. The van der Waals surface area contributed by atoms with Crippen molar-refractivity contribution < 1.29 is 5.32 Å². The highest BCUT2D eigenvalue weighted by Crippen LogP contribution is 2.18. The smallest absolute Gasteiger partial charge is 0.266 e. The minimum Gasteiger partial charge on any atom is -0.338 e.